The molecule has 0 atom stereocenters. The topological polar surface area (TPSA) is 108 Å². The van der Waals surface area contributed by atoms with Crippen molar-refractivity contribution >= 4 is 28.5 Å². The Labute approximate surface area is 202 Å². The number of carbonyl (C=O) groups excluding carboxylic acids is 2. The van der Waals surface area contributed by atoms with Gasteiger partial charge in [0.25, 0.3) is 0 Å². The quantitative estimate of drug-likeness (QED) is 0.388. The van der Waals surface area contributed by atoms with E-state index in [-0.39, 0.29) is 36.6 Å². The highest BCUT2D eigenvalue weighted by Gasteiger charge is 2.41. The van der Waals surface area contributed by atoms with E-state index in [2.05, 4.69) is 15.5 Å². The van der Waals surface area contributed by atoms with Crippen LogP contribution in [0.15, 0.2) is 65.7 Å². The Morgan fingerprint density at radius 3 is 2.44 bits per heavy atom. The van der Waals surface area contributed by atoms with Crippen LogP contribution in [0.1, 0.15) is 29.4 Å². The van der Waals surface area contributed by atoms with Crippen molar-refractivity contribution in [1.82, 2.24) is 19.6 Å². The zero-order chi connectivity index (χ0) is 25.9. The van der Waals surface area contributed by atoms with E-state index < -0.39 is 23.4 Å². The predicted octanol–water partition coefficient (Wildman–Crippen LogP) is 3.81. The zero-order valence-electron chi connectivity index (χ0n) is 19.0. The number of rotatable bonds is 7. The molecule has 0 radical (unpaired) electrons. The Kier molecular flexibility index (Phi) is 6.86. The first-order valence-corrected chi connectivity index (χ1v) is 10.9. The van der Waals surface area contributed by atoms with Crippen molar-refractivity contribution in [3.63, 3.8) is 0 Å². The van der Waals surface area contributed by atoms with Gasteiger partial charge in [-0.15, -0.1) is 0 Å². The molecular formula is C24H20F3N5O4. The SMILES string of the molecule is CCOC(=O)c1cnn(-c2ccc(NC(=O)CCn3ncc(=O)c4ccccc43)cc2)c1C(F)(F)F. The average molecular weight is 499 g/mol. The van der Waals surface area contributed by atoms with Crippen molar-refractivity contribution in [3.05, 3.63) is 82.4 Å². The summed E-state index contributed by atoms with van der Waals surface area (Å²) in [7, 11) is 0. The van der Waals surface area contributed by atoms with Gasteiger partial charge in [-0.1, -0.05) is 12.1 Å². The first-order valence-electron chi connectivity index (χ1n) is 10.9. The van der Waals surface area contributed by atoms with E-state index in [0.29, 0.717) is 21.3 Å². The number of anilines is 1. The minimum atomic E-state index is -4.86. The van der Waals surface area contributed by atoms with Crippen LogP contribution in [0.5, 0.6) is 0 Å². The Balaban J connectivity index is 1.47. The van der Waals surface area contributed by atoms with Gasteiger partial charge in [0.05, 0.1) is 36.7 Å². The first-order chi connectivity index (χ1) is 17.2. The summed E-state index contributed by atoms with van der Waals surface area (Å²) in [6.07, 6.45) is -2.81. The number of alkyl halides is 3. The van der Waals surface area contributed by atoms with Gasteiger partial charge in [-0.3, -0.25) is 14.3 Å². The number of aromatic nitrogens is 4. The first kappa shape index (κ1) is 24.6. The Morgan fingerprint density at radius 2 is 1.75 bits per heavy atom. The Bertz CT molecular complexity index is 1480. The number of nitrogens with one attached hydrogen (secondary N) is 1. The fourth-order valence-corrected chi connectivity index (χ4v) is 3.63. The molecule has 0 unspecified atom stereocenters. The van der Waals surface area contributed by atoms with Gasteiger partial charge >= 0.3 is 12.1 Å². The lowest BCUT2D eigenvalue weighted by Gasteiger charge is -2.13. The Hall–Kier alpha value is -4.48. The smallest absolute Gasteiger partial charge is 0.434 e. The molecule has 0 bridgehead atoms. The highest BCUT2D eigenvalue weighted by molar-refractivity contribution is 5.91. The fourth-order valence-electron chi connectivity index (χ4n) is 3.63. The molecule has 0 saturated heterocycles. The molecule has 2 aromatic heterocycles. The van der Waals surface area contributed by atoms with Crippen LogP contribution in [-0.2, 0) is 22.3 Å². The molecule has 0 fully saturated rings. The van der Waals surface area contributed by atoms with E-state index in [9.17, 15) is 27.6 Å². The second-order valence-corrected chi connectivity index (χ2v) is 7.63. The van der Waals surface area contributed by atoms with Crippen molar-refractivity contribution in [2.24, 2.45) is 0 Å². The molecule has 12 heteroatoms. The molecule has 4 aromatic rings. The normalized spacial score (nSPS) is 11.4. The van der Waals surface area contributed by atoms with Crippen LogP contribution in [0.4, 0.5) is 18.9 Å². The number of para-hydroxylation sites is 1. The number of amides is 1. The Morgan fingerprint density at radius 1 is 1.03 bits per heavy atom. The zero-order valence-corrected chi connectivity index (χ0v) is 19.0. The number of esters is 1. The van der Waals surface area contributed by atoms with Crippen LogP contribution < -0.4 is 10.7 Å². The van der Waals surface area contributed by atoms with Crippen molar-refractivity contribution in [3.8, 4) is 5.69 Å². The van der Waals surface area contributed by atoms with Crippen LogP contribution in [0.25, 0.3) is 16.6 Å². The fraction of sp³-hybridized carbons (Fsp3) is 0.208. The lowest BCUT2D eigenvalue weighted by molar-refractivity contribution is -0.143. The van der Waals surface area contributed by atoms with Gasteiger partial charge in [-0.2, -0.15) is 23.4 Å². The summed E-state index contributed by atoms with van der Waals surface area (Å²) >= 11 is 0. The van der Waals surface area contributed by atoms with Gasteiger partial charge < -0.3 is 10.1 Å². The van der Waals surface area contributed by atoms with E-state index in [1.807, 2.05) is 0 Å². The number of ether oxygens (including phenoxy) is 1. The second kappa shape index (κ2) is 10.0. The number of hydrogen-bond donors (Lipinski definition) is 1. The summed E-state index contributed by atoms with van der Waals surface area (Å²) in [6.45, 7) is 1.62. The number of aryl methyl sites for hydroxylation is 1. The summed E-state index contributed by atoms with van der Waals surface area (Å²) < 4.78 is 47.9. The summed E-state index contributed by atoms with van der Waals surface area (Å²) in [6, 6.07) is 12.4. The van der Waals surface area contributed by atoms with E-state index in [1.54, 1.807) is 28.9 Å². The molecular weight excluding hydrogens is 479 g/mol. The number of halogens is 3. The minimum absolute atomic E-state index is 0.0415. The van der Waals surface area contributed by atoms with E-state index >= 15 is 0 Å². The maximum atomic E-state index is 13.7. The van der Waals surface area contributed by atoms with Crippen molar-refractivity contribution in [2.75, 3.05) is 11.9 Å². The molecule has 0 aliphatic rings. The maximum Gasteiger partial charge on any atom is 0.434 e. The third-order valence-corrected chi connectivity index (χ3v) is 5.24. The van der Waals surface area contributed by atoms with Gasteiger partial charge in [-0.25, -0.2) is 9.48 Å². The van der Waals surface area contributed by atoms with Crippen LogP contribution in [-0.4, -0.2) is 38.0 Å². The molecule has 2 heterocycles. The molecule has 0 aliphatic heterocycles. The molecule has 0 spiro atoms. The molecule has 1 amide bonds. The van der Waals surface area contributed by atoms with Crippen LogP contribution >= 0.6 is 0 Å². The van der Waals surface area contributed by atoms with Gasteiger partial charge in [0.1, 0.15) is 5.56 Å². The molecule has 0 saturated carbocycles. The lowest BCUT2D eigenvalue weighted by Crippen LogP contribution is -2.19. The van der Waals surface area contributed by atoms with Gasteiger partial charge in [0, 0.05) is 17.5 Å². The number of benzene rings is 2. The lowest BCUT2D eigenvalue weighted by atomic mass is 10.2. The van der Waals surface area contributed by atoms with Crippen LogP contribution in [0, 0.1) is 0 Å². The third-order valence-electron chi connectivity index (χ3n) is 5.24. The monoisotopic (exact) mass is 499 g/mol. The van der Waals surface area contributed by atoms with Crippen molar-refractivity contribution < 1.29 is 27.5 Å². The maximum absolute atomic E-state index is 13.7. The average Bonchev–Trinajstić information content (AvgIpc) is 3.31. The molecule has 4 rings (SSSR count). The summed E-state index contributed by atoms with van der Waals surface area (Å²) in [5.41, 5.74) is -1.16. The van der Waals surface area contributed by atoms with Gasteiger partial charge in [0.2, 0.25) is 11.3 Å². The second-order valence-electron chi connectivity index (χ2n) is 7.63. The molecule has 9 nitrogen and oxygen atoms in total. The highest BCUT2D eigenvalue weighted by atomic mass is 19.4. The van der Waals surface area contributed by atoms with E-state index in [1.165, 1.54) is 37.4 Å². The molecule has 186 valence electrons. The summed E-state index contributed by atoms with van der Waals surface area (Å²) in [4.78, 5) is 36.3. The highest BCUT2D eigenvalue weighted by Crippen LogP contribution is 2.34. The molecule has 0 aliphatic carbocycles. The predicted molar refractivity (Wildman–Crippen MR) is 124 cm³/mol. The largest absolute Gasteiger partial charge is 0.462 e. The molecule has 1 N–H and O–H groups in total. The summed E-state index contributed by atoms with van der Waals surface area (Å²) in [5.74, 6) is -1.48. The summed E-state index contributed by atoms with van der Waals surface area (Å²) in [5, 5.41) is 11.0. The number of hydrogen-bond acceptors (Lipinski definition) is 6. The molecule has 2 aromatic carbocycles. The van der Waals surface area contributed by atoms with Crippen molar-refractivity contribution in [1.29, 1.82) is 0 Å². The van der Waals surface area contributed by atoms with Crippen LogP contribution in [0.3, 0.4) is 0 Å². The minimum Gasteiger partial charge on any atom is -0.462 e. The van der Waals surface area contributed by atoms with E-state index in [0.717, 1.165) is 6.20 Å². The standard InChI is InChI=1S/C24H20F3N5O4/c1-2-36-23(35)18-13-29-32(22(18)24(25,26)27)16-9-7-15(8-10-16)30-21(34)11-12-31-19-6-4-3-5-17(19)20(33)14-28-31/h3-10,13-14H,2,11-12H2,1H3,(H,30,34). The number of carbonyl (C=O) groups is 2. The number of fused-ring (bicyclic) bond motifs is 1. The third kappa shape index (κ3) is 5.11. The van der Waals surface area contributed by atoms with Crippen LogP contribution in [0.2, 0.25) is 0 Å². The molecule has 36 heavy (non-hydrogen) atoms. The number of nitrogens with zero attached hydrogens (tertiary/aromatic N) is 4. The van der Waals surface area contributed by atoms with Gasteiger partial charge in [-0.05, 0) is 43.3 Å². The van der Waals surface area contributed by atoms with Gasteiger partial charge in [0.15, 0.2) is 5.69 Å². The van der Waals surface area contributed by atoms with Crippen molar-refractivity contribution in [2.45, 2.75) is 26.1 Å². The van der Waals surface area contributed by atoms with E-state index in [4.69, 9.17) is 4.74 Å².